The van der Waals surface area contributed by atoms with Crippen molar-refractivity contribution in [3.63, 3.8) is 0 Å². The van der Waals surface area contributed by atoms with Gasteiger partial charge in [-0.1, -0.05) is 23.4 Å². The van der Waals surface area contributed by atoms with Gasteiger partial charge in [0.15, 0.2) is 5.82 Å². The van der Waals surface area contributed by atoms with Crippen LogP contribution in [0, 0.1) is 6.92 Å². The maximum absolute atomic E-state index is 13.2. The number of anilines is 1. The summed E-state index contributed by atoms with van der Waals surface area (Å²) in [6, 6.07) is 14.4. The van der Waals surface area contributed by atoms with Crippen LogP contribution < -0.4 is 10.1 Å². The van der Waals surface area contributed by atoms with Crippen LogP contribution >= 0.6 is 11.8 Å². The van der Waals surface area contributed by atoms with E-state index in [-0.39, 0.29) is 18.4 Å². The molecule has 0 spiro atoms. The number of benzene rings is 2. The van der Waals surface area contributed by atoms with Gasteiger partial charge in [0.05, 0.1) is 18.4 Å². The third kappa shape index (κ3) is 6.08. The van der Waals surface area contributed by atoms with Crippen LogP contribution in [0.2, 0.25) is 0 Å². The van der Waals surface area contributed by atoms with Crippen molar-refractivity contribution < 1.29 is 18.8 Å². The van der Waals surface area contributed by atoms with Crippen LogP contribution in [0.15, 0.2) is 57.9 Å². The molecule has 0 saturated heterocycles. The standard InChI is InChI=1S/C22H24N4O4S/c1-4-26(13-21(27)24-16-8-7-9-17(12-16)29-3)22(28)18-10-5-6-11-19(18)31-14-20-23-15(2)30-25-20/h5-12H,4,13-14H2,1-3H3,(H,24,27). The first-order valence-corrected chi connectivity index (χ1v) is 10.7. The van der Waals surface area contributed by atoms with E-state index >= 15 is 0 Å². The fourth-order valence-electron chi connectivity index (χ4n) is 2.88. The number of nitrogens with one attached hydrogen (secondary N) is 1. The molecule has 1 heterocycles. The highest BCUT2D eigenvalue weighted by Crippen LogP contribution is 2.26. The number of hydrogen-bond donors (Lipinski definition) is 1. The van der Waals surface area contributed by atoms with Crippen LogP contribution in [0.25, 0.3) is 0 Å². The highest BCUT2D eigenvalue weighted by molar-refractivity contribution is 7.98. The van der Waals surface area contributed by atoms with Crippen LogP contribution in [-0.2, 0) is 10.5 Å². The summed E-state index contributed by atoms with van der Waals surface area (Å²) in [4.78, 5) is 32.2. The van der Waals surface area contributed by atoms with Crippen LogP contribution in [0.3, 0.4) is 0 Å². The van der Waals surface area contributed by atoms with Gasteiger partial charge in [-0.25, -0.2) is 0 Å². The first kappa shape index (κ1) is 22.4. The second kappa shape index (κ2) is 10.6. The number of methoxy groups -OCH3 is 1. The predicted octanol–water partition coefficient (Wildman–Crippen LogP) is 3.78. The first-order chi connectivity index (χ1) is 15.0. The van der Waals surface area contributed by atoms with Gasteiger partial charge in [-0.2, -0.15) is 4.98 Å². The van der Waals surface area contributed by atoms with Crippen molar-refractivity contribution in [1.29, 1.82) is 0 Å². The van der Waals surface area contributed by atoms with Crippen molar-refractivity contribution in [3.05, 3.63) is 65.8 Å². The summed E-state index contributed by atoms with van der Waals surface area (Å²) in [5.41, 5.74) is 1.14. The minimum atomic E-state index is -0.282. The molecule has 3 aromatic rings. The van der Waals surface area contributed by atoms with Gasteiger partial charge in [0.1, 0.15) is 12.3 Å². The molecule has 2 amide bonds. The normalized spacial score (nSPS) is 10.5. The molecule has 31 heavy (non-hydrogen) atoms. The van der Waals surface area contributed by atoms with E-state index < -0.39 is 0 Å². The molecule has 0 aliphatic rings. The van der Waals surface area contributed by atoms with Gasteiger partial charge >= 0.3 is 0 Å². The summed E-state index contributed by atoms with van der Waals surface area (Å²) < 4.78 is 10.2. The van der Waals surface area contributed by atoms with E-state index in [9.17, 15) is 9.59 Å². The quantitative estimate of drug-likeness (QED) is 0.506. The Hall–Kier alpha value is -3.33. The van der Waals surface area contributed by atoms with Crippen molar-refractivity contribution in [1.82, 2.24) is 15.0 Å². The molecule has 0 aliphatic carbocycles. The van der Waals surface area contributed by atoms with Crippen LogP contribution in [0.1, 0.15) is 29.0 Å². The van der Waals surface area contributed by atoms with E-state index in [1.165, 1.54) is 16.7 Å². The zero-order valence-corrected chi connectivity index (χ0v) is 18.4. The molecule has 162 valence electrons. The lowest BCUT2D eigenvalue weighted by Crippen LogP contribution is -2.38. The van der Waals surface area contributed by atoms with Gasteiger partial charge in [-0.15, -0.1) is 11.8 Å². The fourth-order valence-corrected chi connectivity index (χ4v) is 3.77. The molecule has 0 aliphatic heterocycles. The topological polar surface area (TPSA) is 97.6 Å². The number of amides is 2. The highest BCUT2D eigenvalue weighted by atomic mass is 32.2. The molecular weight excluding hydrogens is 416 g/mol. The lowest BCUT2D eigenvalue weighted by atomic mass is 10.2. The molecule has 0 bridgehead atoms. The Balaban J connectivity index is 1.67. The van der Waals surface area contributed by atoms with Crippen LogP contribution in [0.5, 0.6) is 5.75 Å². The zero-order valence-electron chi connectivity index (χ0n) is 17.6. The molecule has 0 unspecified atom stereocenters. The van der Waals surface area contributed by atoms with Gasteiger partial charge in [0.2, 0.25) is 11.8 Å². The summed E-state index contributed by atoms with van der Waals surface area (Å²) in [6.45, 7) is 3.91. The predicted molar refractivity (Wildman–Crippen MR) is 118 cm³/mol. The Labute approximate surface area is 185 Å². The third-order valence-electron chi connectivity index (χ3n) is 4.40. The summed E-state index contributed by atoms with van der Waals surface area (Å²) in [6.07, 6.45) is 0. The second-order valence-electron chi connectivity index (χ2n) is 6.61. The molecule has 2 aromatic carbocycles. The lowest BCUT2D eigenvalue weighted by Gasteiger charge is -2.21. The second-order valence-corrected chi connectivity index (χ2v) is 7.63. The molecule has 3 rings (SSSR count). The molecule has 1 N–H and O–H groups in total. The third-order valence-corrected chi connectivity index (χ3v) is 5.47. The lowest BCUT2D eigenvalue weighted by molar-refractivity contribution is -0.116. The number of thioether (sulfide) groups is 1. The maximum Gasteiger partial charge on any atom is 0.255 e. The number of rotatable bonds is 9. The van der Waals surface area contributed by atoms with E-state index in [4.69, 9.17) is 9.26 Å². The number of ether oxygens (including phenoxy) is 1. The Morgan fingerprint density at radius 3 is 2.71 bits per heavy atom. The van der Waals surface area contributed by atoms with E-state index in [0.29, 0.717) is 41.0 Å². The maximum atomic E-state index is 13.2. The van der Waals surface area contributed by atoms with Gasteiger partial charge in [-0.05, 0) is 31.2 Å². The zero-order chi connectivity index (χ0) is 22.2. The number of aryl methyl sites for hydroxylation is 1. The van der Waals surface area contributed by atoms with Crippen molar-refractivity contribution in [2.45, 2.75) is 24.5 Å². The molecule has 0 saturated carbocycles. The van der Waals surface area contributed by atoms with E-state index in [0.717, 1.165) is 4.90 Å². The van der Waals surface area contributed by atoms with E-state index in [2.05, 4.69) is 15.5 Å². The molecular formula is C22H24N4O4S. The Bertz CT molecular complexity index is 1050. The van der Waals surface area contributed by atoms with Crippen LogP contribution in [0.4, 0.5) is 5.69 Å². The molecule has 0 fully saturated rings. The number of nitrogens with zero attached hydrogens (tertiary/aromatic N) is 3. The number of carbonyl (C=O) groups excluding carboxylic acids is 2. The number of likely N-dealkylation sites (N-methyl/N-ethyl adjacent to an activating group) is 1. The average molecular weight is 441 g/mol. The smallest absolute Gasteiger partial charge is 0.255 e. The molecule has 1 aromatic heterocycles. The first-order valence-electron chi connectivity index (χ1n) is 9.74. The largest absolute Gasteiger partial charge is 0.497 e. The average Bonchev–Trinajstić information content (AvgIpc) is 3.21. The van der Waals surface area contributed by atoms with Gasteiger partial charge in [0, 0.05) is 30.1 Å². The van der Waals surface area contributed by atoms with Crippen LogP contribution in [-0.4, -0.2) is 47.1 Å². The van der Waals surface area contributed by atoms with Crippen molar-refractivity contribution in [2.24, 2.45) is 0 Å². The summed E-state index contributed by atoms with van der Waals surface area (Å²) in [7, 11) is 1.56. The number of hydrogen-bond acceptors (Lipinski definition) is 7. The Morgan fingerprint density at radius 1 is 1.19 bits per heavy atom. The van der Waals surface area contributed by atoms with Gasteiger partial charge in [-0.3, -0.25) is 9.59 Å². The minimum absolute atomic E-state index is 0.0599. The Morgan fingerprint density at radius 2 is 2.00 bits per heavy atom. The number of aromatic nitrogens is 2. The SMILES string of the molecule is CCN(CC(=O)Nc1cccc(OC)c1)C(=O)c1ccccc1SCc1noc(C)n1. The monoisotopic (exact) mass is 440 g/mol. The highest BCUT2D eigenvalue weighted by Gasteiger charge is 2.20. The summed E-state index contributed by atoms with van der Waals surface area (Å²) in [5.74, 6) is 1.69. The van der Waals surface area contributed by atoms with Gasteiger partial charge < -0.3 is 19.5 Å². The minimum Gasteiger partial charge on any atom is -0.497 e. The van der Waals surface area contributed by atoms with E-state index in [1.807, 2.05) is 19.1 Å². The Kier molecular flexibility index (Phi) is 7.66. The molecule has 8 nitrogen and oxygen atoms in total. The van der Waals surface area contributed by atoms with E-state index in [1.54, 1.807) is 50.4 Å². The fraction of sp³-hybridized carbons (Fsp3) is 0.273. The molecule has 9 heteroatoms. The molecule has 0 radical (unpaired) electrons. The number of carbonyl (C=O) groups is 2. The van der Waals surface area contributed by atoms with Crippen molar-refractivity contribution in [3.8, 4) is 5.75 Å². The molecule has 0 atom stereocenters. The summed E-state index contributed by atoms with van der Waals surface area (Å²) >= 11 is 1.45. The van der Waals surface area contributed by atoms with Crippen molar-refractivity contribution >= 4 is 29.3 Å². The van der Waals surface area contributed by atoms with Crippen molar-refractivity contribution in [2.75, 3.05) is 25.5 Å². The van der Waals surface area contributed by atoms with Gasteiger partial charge in [0.25, 0.3) is 5.91 Å². The summed E-state index contributed by atoms with van der Waals surface area (Å²) in [5, 5.41) is 6.69.